The zero-order chi connectivity index (χ0) is 21.4. The van der Waals surface area contributed by atoms with Gasteiger partial charge in [0.1, 0.15) is 11.5 Å². The first-order valence-electron chi connectivity index (χ1n) is 11.1. The third kappa shape index (κ3) is 4.22. The van der Waals surface area contributed by atoms with Crippen LogP contribution in [0.25, 0.3) is 0 Å². The van der Waals surface area contributed by atoms with Crippen LogP contribution >= 0.6 is 0 Å². The number of urea groups is 1. The van der Waals surface area contributed by atoms with Crippen molar-refractivity contribution in [1.29, 1.82) is 0 Å². The lowest BCUT2D eigenvalue weighted by Crippen LogP contribution is -3.18. The molecule has 5 rings (SSSR count). The van der Waals surface area contributed by atoms with Crippen LogP contribution in [-0.4, -0.2) is 42.9 Å². The van der Waals surface area contributed by atoms with E-state index in [1.54, 1.807) is 17.0 Å². The Bertz CT molecular complexity index is 1030. The smallest absolute Gasteiger partial charge is 0.323 e. The number of aromatic nitrogens is 1. The van der Waals surface area contributed by atoms with Crippen LogP contribution in [-0.2, 0) is 11.3 Å². The Morgan fingerprint density at radius 3 is 2.77 bits per heavy atom. The van der Waals surface area contributed by atoms with E-state index in [1.807, 2.05) is 10.6 Å². The number of hydrogen-bond donors (Lipinski definition) is 3. The van der Waals surface area contributed by atoms with Gasteiger partial charge in [0.05, 0.1) is 32.3 Å². The molecule has 2 saturated heterocycles. The van der Waals surface area contributed by atoms with Gasteiger partial charge in [-0.15, -0.1) is 0 Å². The zero-order valence-corrected chi connectivity index (χ0v) is 17.4. The highest BCUT2D eigenvalue weighted by Gasteiger charge is 2.40. The molecule has 1 unspecified atom stereocenters. The number of anilines is 2. The molecule has 3 atom stereocenters. The molecule has 0 spiro atoms. The first kappa shape index (κ1) is 20.2. The van der Waals surface area contributed by atoms with Crippen LogP contribution < -0.4 is 21.1 Å². The van der Waals surface area contributed by atoms with Crippen LogP contribution in [0.5, 0.6) is 0 Å². The van der Waals surface area contributed by atoms with Gasteiger partial charge in [-0.25, -0.2) is 9.18 Å². The lowest BCUT2D eigenvalue weighted by atomic mass is 9.82. The molecule has 0 radical (unpaired) electrons. The molecule has 164 valence electrons. The fraction of sp³-hybridized carbons (Fsp3) is 0.478. The topological polar surface area (TPSA) is 76.8 Å². The van der Waals surface area contributed by atoms with Gasteiger partial charge in [-0.3, -0.25) is 4.79 Å². The number of hydrogen-bond acceptors (Lipinski definition) is 3. The molecule has 3 N–H and O–H groups in total. The number of benzene rings is 1. The molecule has 2 bridgehead atoms. The second kappa shape index (κ2) is 8.43. The van der Waals surface area contributed by atoms with Gasteiger partial charge in [-0.05, 0) is 36.8 Å². The predicted molar refractivity (Wildman–Crippen MR) is 115 cm³/mol. The Morgan fingerprint density at radius 1 is 1.13 bits per heavy atom. The minimum atomic E-state index is -0.561. The first-order valence-corrected chi connectivity index (χ1v) is 11.1. The van der Waals surface area contributed by atoms with E-state index < -0.39 is 11.8 Å². The molecular weight excluding hydrogens is 399 g/mol. The SMILES string of the molecule is O=C(Nc1cccc(F)c1)Nc1ccc2n(c1=O)C[C@H]1C[C@@H]2C[NH+](C2CCOCC2)C1. The summed E-state index contributed by atoms with van der Waals surface area (Å²) in [5.41, 5.74) is 1.48. The zero-order valence-electron chi connectivity index (χ0n) is 17.4. The molecule has 1 aromatic heterocycles. The van der Waals surface area contributed by atoms with E-state index in [2.05, 4.69) is 10.6 Å². The number of ether oxygens (including phenoxy) is 1. The third-order valence-electron chi connectivity index (χ3n) is 6.87. The molecule has 3 aliphatic rings. The van der Waals surface area contributed by atoms with Crippen molar-refractivity contribution in [1.82, 2.24) is 4.57 Å². The molecule has 0 saturated carbocycles. The van der Waals surface area contributed by atoms with Crippen LogP contribution in [0.1, 0.15) is 30.9 Å². The number of pyridine rings is 1. The summed E-state index contributed by atoms with van der Waals surface area (Å²) in [6.45, 7) is 4.54. The number of halogens is 1. The standard InChI is InChI=1S/C23H27FN4O3/c24-17-2-1-3-18(11-17)25-23(30)26-20-4-5-21-16-10-15(13-28(21)22(20)29)12-27(14-16)19-6-8-31-9-7-19/h1-5,11,15-16,19H,6-10,12-14H2,(H2,25,26,30)/p+1/t15-,16+/m0/s1. The fourth-order valence-electron chi connectivity index (χ4n) is 5.48. The van der Waals surface area contributed by atoms with Crippen molar-refractivity contribution in [3.8, 4) is 0 Å². The van der Waals surface area contributed by atoms with Gasteiger partial charge in [0.2, 0.25) is 0 Å². The maximum Gasteiger partial charge on any atom is 0.323 e. The van der Waals surface area contributed by atoms with Crippen LogP contribution in [0.3, 0.4) is 0 Å². The average molecular weight is 428 g/mol. The number of carbonyl (C=O) groups excluding carboxylic acids is 1. The van der Waals surface area contributed by atoms with E-state index >= 15 is 0 Å². The van der Waals surface area contributed by atoms with E-state index in [4.69, 9.17) is 4.74 Å². The second-order valence-corrected chi connectivity index (χ2v) is 8.93. The Kier molecular flexibility index (Phi) is 5.50. The molecule has 2 aromatic rings. The van der Waals surface area contributed by atoms with Crippen LogP contribution in [0, 0.1) is 11.7 Å². The summed E-state index contributed by atoms with van der Waals surface area (Å²) in [5.74, 6) is 0.404. The van der Waals surface area contributed by atoms with E-state index in [-0.39, 0.29) is 11.2 Å². The number of nitrogens with one attached hydrogen (secondary N) is 3. The monoisotopic (exact) mass is 427 g/mol. The van der Waals surface area contributed by atoms with Crippen molar-refractivity contribution in [2.45, 2.75) is 37.8 Å². The summed E-state index contributed by atoms with van der Waals surface area (Å²) in [6, 6.07) is 9.42. The highest BCUT2D eigenvalue weighted by atomic mass is 19.1. The Hall–Kier alpha value is -2.71. The number of fused-ring (bicyclic) bond motifs is 4. The van der Waals surface area contributed by atoms with Gasteiger partial charge in [0.25, 0.3) is 5.56 Å². The van der Waals surface area contributed by atoms with Crippen molar-refractivity contribution in [3.63, 3.8) is 0 Å². The fourth-order valence-corrected chi connectivity index (χ4v) is 5.48. The normalized spacial score (nSPS) is 25.5. The second-order valence-electron chi connectivity index (χ2n) is 8.93. The Labute approximate surface area is 180 Å². The summed E-state index contributed by atoms with van der Waals surface area (Å²) in [4.78, 5) is 27.1. The molecule has 8 heteroatoms. The Morgan fingerprint density at radius 2 is 1.97 bits per heavy atom. The highest BCUT2D eigenvalue weighted by molar-refractivity contribution is 5.99. The highest BCUT2D eigenvalue weighted by Crippen LogP contribution is 2.31. The van der Waals surface area contributed by atoms with Crippen LogP contribution in [0.15, 0.2) is 41.2 Å². The van der Waals surface area contributed by atoms with Gasteiger partial charge in [0.15, 0.2) is 0 Å². The maximum atomic E-state index is 13.3. The molecule has 31 heavy (non-hydrogen) atoms. The quantitative estimate of drug-likeness (QED) is 0.699. The van der Waals surface area contributed by atoms with Crippen molar-refractivity contribution >= 4 is 17.4 Å². The summed E-state index contributed by atoms with van der Waals surface area (Å²) in [5, 5.41) is 5.20. The number of piperidine rings is 1. The summed E-state index contributed by atoms with van der Waals surface area (Å²) in [6.07, 6.45) is 3.36. The minimum Gasteiger partial charge on any atom is -0.381 e. The largest absolute Gasteiger partial charge is 0.381 e. The third-order valence-corrected chi connectivity index (χ3v) is 6.87. The molecule has 3 aliphatic heterocycles. The molecule has 2 amide bonds. The van der Waals surface area contributed by atoms with Crippen molar-refractivity contribution in [2.24, 2.45) is 5.92 Å². The number of quaternary nitrogens is 1. The minimum absolute atomic E-state index is 0.170. The van der Waals surface area contributed by atoms with Crippen molar-refractivity contribution in [3.05, 3.63) is 58.3 Å². The lowest BCUT2D eigenvalue weighted by Gasteiger charge is -2.44. The van der Waals surface area contributed by atoms with Gasteiger partial charge in [0, 0.05) is 42.6 Å². The molecule has 2 fully saturated rings. The van der Waals surface area contributed by atoms with Gasteiger partial charge < -0.3 is 24.8 Å². The summed E-state index contributed by atoms with van der Waals surface area (Å²) < 4.78 is 20.7. The van der Waals surface area contributed by atoms with Crippen molar-refractivity contribution in [2.75, 3.05) is 36.9 Å². The average Bonchev–Trinajstić information content (AvgIpc) is 2.76. The van der Waals surface area contributed by atoms with Gasteiger partial charge >= 0.3 is 6.03 Å². The predicted octanol–water partition coefficient (Wildman–Crippen LogP) is 1.81. The van der Waals surface area contributed by atoms with E-state index in [0.717, 1.165) is 51.3 Å². The summed E-state index contributed by atoms with van der Waals surface area (Å²) in [7, 11) is 0. The van der Waals surface area contributed by atoms with Gasteiger partial charge in [-0.1, -0.05) is 6.07 Å². The molecule has 4 heterocycles. The van der Waals surface area contributed by atoms with Crippen molar-refractivity contribution < 1.29 is 18.8 Å². The van der Waals surface area contributed by atoms with E-state index in [9.17, 15) is 14.0 Å². The molecular formula is C23H28FN4O3+. The van der Waals surface area contributed by atoms with E-state index in [1.165, 1.54) is 18.2 Å². The van der Waals surface area contributed by atoms with Crippen LogP contribution in [0.4, 0.5) is 20.6 Å². The molecule has 0 aliphatic carbocycles. The summed E-state index contributed by atoms with van der Waals surface area (Å²) >= 11 is 0. The number of likely N-dealkylation sites (tertiary alicyclic amines) is 1. The number of rotatable bonds is 3. The molecule has 1 aromatic carbocycles. The lowest BCUT2D eigenvalue weighted by molar-refractivity contribution is -0.937. The number of amides is 2. The molecule has 7 nitrogen and oxygen atoms in total. The Balaban J connectivity index is 1.31. The van der Waals surface area contributed by atoms with Gasteiger partial charge in [-0.2, -0.15) is 0 Å². The van der Waals surface area contributed by atoms with Crippen LogP contribution in [0.2, 0.25) is 0 Å². The van der Waals surface area contributed by atoms with E-state index in [0.29, 0.717) is 30.1 Å². The first-order chi connectivity index (χ1) is 15.1. The number of nitrogens with zero attached hydrogens (tertiary/aromatic N) is 1. The number of carbonyl (C=O) groups is 1. The maximum absolute atomic E-state index is 13.3.